The van der Waals surface area contributed by atoms with Crippen molar-refractivity contribution in [1.82, 2.24) is 9.80 Å². The van der Waals surface area contributed by atoms with Gasteiger partial charge in [-0.2, -0.15) is 0 Å². The molecule has 1 spiro atoms. The number of aryl methyl sites for hydroxylation is 1. The number of esters is 2. The third kappa shape index (κ3) is 5.07. The molecule has 2 aromatic carbocycles. The van der Waals surface area contributed by atoms with Gasteiger partial charge in [-0.25, -0.2) is 0 Å². The van der Waals surface area contributed by atoms with Crippen LogP contribution < -0.4 is 9.47 Å². The maximum absolute atomic E-state index is 14.1. The van der Waals surface area contributed by atoms with Gasteiger partial charge in [-0.05, 0) is 61.8 Å². The van der Waals surface area contributed by atoms with Crippen LogP contribution in [-0.4, -0.2) is 71.1 Å². The fraction of sp³-hybridized carbons (Fsp3) is 0.486. The summed E-state index contributed by atoms with van der Waals surface area (Å²) in [5, 5.41) is 0. The molecule has 238 valence electrons. The molecule has 0 radical (unpaired) electrons. The second-order valence-electron chi connectivity index (χ2n) is 13.5. The van der Waals surface area contributed by atoms with Gasteiger partial charge in [-0.15, -0.1) is 6.58 Å². The van der Waals surface area contributed by atoms with Gasteiger partial charge in [0.15, 0.2) is 11.5 Å². The molecule has 1 saturated carbocycles. The van der Waals surface area contributed by atoms with E-state index in [1.165, 1.54) is 13.8 Å². The minimum Gasteiger partial charge on any atom is -0.483 e. The number of rotatable bonds is 9. The van der Waals surface area contributed by atoms with Crippen LogP contribution in [0.3, 0.4) is 0 Å². The molecule has 2 aliphatic carbocycles. The van der Waals surface area contributed by atoms with E-state index < -0.39 is 23.1 Å². The third-order valence-electron chi connectivity index (χ3n) is 10.1. The van der Waals surface area contributed by atoms with Crippen LogP contribution >= 0.6 is 0 Å². The van der Waals surface area contributed by atoms with Gasteiger partial charge in [-0.1, -0.05) is 55.8 Å². The molecule has 45 heavy (non-hydrogen) atoms. The Kier molecular flexibility index (Phi) is 8.14. The summed E-state index contributed by atoms with van der Waals surface area (Å²) in [6.07, 6.45) is 7.45. The molecule has 0 aromatic heterocycles. The summed E-state index contributed by atoms with van der Waals surface area (Å²) in [5.41, 5.74) is 2.57. The van der Waals surface area contributed by atoms with E-state index in [9.17, 15) is 14.4 Å². The molecule has 6 rings (SSSR count). The predicted molar refractivity (Wildman–Crippen MR) is 172 cm³/mol. The maximum Gasteiger partial charge on any atom is 0.308 e. The molecule has 0 N–H and O–H groups in total. The zero-order valence-electron chi connectivity index (χ0n) is 27.0. The van der Waals surface area contributed by atoms with Crippen molar-refractivity contribution in [2.75, 3.05) is 19.6 Å². The first-order valence-electron chi connectivity index (χ1n) is 16.1. The molecule has 8 nitrogen and oxygen atoms in total. The van der Waals surface area contributed by atoms with Crippen LogP contribution in [0.4, 0.5) is 0 Å². The summed E-state index contributed by atoms with van der Waals surface area (Å²) in [6, 6.07) is 11.5. The Morgan fingerprint density at radius 2 is 1.96 bits per heavy atom. The van der Waals surface area contributed by atoms with Gasteiger partial charge in [0.1, 0.15) is 11.7 Å². The Hall–Kier alpha value is -3.91. The van der Waals surface area contributed by atoms with E-state index in [1.54, 1.807) is 6.08 Å². The second-order valence-corrected chi connectivity index (χ2v) is 13.5. The van der Waals surface area contributed by atoms with E-state index in [4.69, 9.17) is 14.2 Å². The third-order valence-corrected chi connectivity index (χ3v) is 10.1. The lowest BCUT2D eigenvalue weighted by Crippen LogP contribution is -2.79. The number of hydrogen-bond donors (Lipinski definition) is 0. The summed E-state index contributed by atoms with van der Waals surface area (Å²) in [7, 11) is 0. The number of benzene rings is 2. The minimum atomic E-state index is -0.877. The number of ether oxygens (including phenoxy) is 3. The van der Waals surface area contributed by atoms with Crippen molar-refractivity contribution in [2.24, 2.45) is 5.92 Å². The molecule has 2 heterocycles. The number of likely N-dealkylation sites (tertiary alicyclic amines) is 1. The molecular formula is C37H44N2O6. The number of nitrogens with zero attached hydrogens (tertiary/aromatic N) is 2. The van der Waals surface area contributed by atoms with Crippen molar-refractivity contribution in [2.45, 2.75) is 89.5 Å². The first kappa shape index (κ1) is 31.1. The normalized spacial score (nSPS) is 27.9. The molecule has 0 unspecified atom stereocenters. The first-order chi connectivity index (χ1) is 21.5. The van der Waals surface area contributed by atoms with E-state index in [0.29, 0.717) is 50.3 Å². The fourth-order valence-electron chi connectivity index (χ4n) is 8.79. The van der Waals surface area contributed by atoms with Gasteiger partial charge >= 0.3 is 11.9 Å². The lowest BCUT2D eigenvalue weighted by molar-refractivity contribution is -0.223. The molecule has 4 aliphatic rings. The molecule has 2 aromatic rings. The highest BCUT2D eigenvalue weighted by Crippen LogP contribution is 2.67. The van der Waals surface area contributed by atoms with E-state index >= 15 is 0 Å². The highest BCUT2D eigenvalue weighted by atomic mass is 16.6. The van der Waals surface area contributed by atoms with Crippen LogP contribution in [0.15, 0.2) is 55.1 Å². The van der Waals surface area contributed by atoms with Gasteiger partial charge in [0, 0.05) is 45.1 Å². The van der Waals surface area contributed by atoms with Crippen molar-refractivity contribution < 1.29 is 28.6 Å². The zero-order chi connectivity index (χ0) is 32.1. The van der Waals surface area contributed by atoms with Gasteiger partial charge in [0.2, 0.25) is 5.91 Å². The second kappa shape index (κ2) is 11.8. The van der Waals surface area contributed by atoms with E-state index in [0.717, 1.165) is 28.8 Å². The molecule has 5 atom stereocenters. The van der Waals surface area contributed by atoms with Crippen LogP contribution in [-0.2, 0) is 31.0 Å². The Bertz CT molecular complexity index is 1560. The molecular weight excluding hydrogens is 568 g/mol. The van der Waals surface area contributed by atoms with Crippen LogP contribution in [0.5, 0.6) is 11.5 Å². The Balaban J connectivity index is 1.50. The van der Waals surface area contributed by atoms with Crippen molar-refractivity contribution in [1.29, 1.82) is 0 Å². The molecule has 2 bridgehead atoms. The minimum absolute atomic E-state index is 0.0805. The van der Waals surface area contributed by atoms with Crippen molar-refractivity contribution in [3.05, 3.63) is 77.4 Å². The highest BCUT2D eigenvalue weighted by Gasteiger charge is 2.75. The molecule has 8 heteroatoms. The predicted octanol–water partition coefficient (Wildman–Crippen LogP) is 5.40. The van der Waals surface area contributed by atoms with Gasteiger partial charge in [-0.3, -0.25) is 19.3 Å². The topological polar surface area (TPSA) is 85.4 Å². The number of hydrogen-bond acceptors (Lipinski definition) is 7. The van der Waals surface area contributed by atoms with E-state index in [-0.39, 0.29) is 29.9 Å². The lowest BCUT2D eigenvalue weighted by Gasteiger charge is -2.65. The first-order valence-corrected chi connectivity index (χ1v) is 16.1. The molecule has 2 aliphatic heterocycles. The smallest absolute Gasteiger partial charge is 0.308 e. The van der Waals surface area contributed by atoms with Crippen LogP contribution in [0.25, 0.3) is 6.08 Å². The summed E-state index contributed by atoms with van der Waals surface area (Å²) < 4.78 is 19.3. The summed E-state index contributed by atoms with van der Waals surface area (Å²) in [4.78, 5) is 43.7. The SMILES string of the molecule is C=CCN1CC[C@]23c4c5ccc(OC(C)=O)c4O[C@H]2[C@H](N(CC(C)C)C(=O)C=Cc2cccc(C)c2)CC[C@@]3(OC(C)=O)[C@H]1C5. The largest absolute Gasteiger partial charge is 0.483 e. The van der Waals surface area contributed by atoms with Gasteiger partial charge in [0.05, 0.1) is 17.5 Å². The number of piperidine rings is 1. The average Bonchev–Trinajstić information content (AvgIpc) is 3.32. The van der Waals surface area contributed by atoms with E-state index in [2.05, 4.69) is 31.4 Å². The van der Waals surface area contributed by atoms with Gasteiger partial charge in [0.25, 0.3) is 0 Å². The highest BCUT2D eigenvalue weighted by molar-refractivity contribution is 5.92. The zero-order valence-corrected chi connectivity index (χ0v) is 27.0. The van der Waals surface area contributed by atoms with Crippen molar-refractivity contribution in [3.8, 4) is 11.5 Å². The van der Waals surface area contributed by atoms with E-state index in [1.807, 2.05) is 54.3 Å². The molecule has 1 saturated heterocycles. The summed E-state index contributed by atoms with van der Waals surface area (Å²) in [5.74, 6) is 0.276. The Morgan fingerprint density at radius 3 is 2.64 bits per heavy atom. The molecule has 2 fully saturated rings. The van der Waals surface area contributed by atoms with Crippen molar-refractivity contribution in [3.63, 3.8) is 0 Å². The van der Waals surface area contributed by atoms with Crippen LogP contribution in [0.2, 0.25) is 0 Å². The van der Waals surface area contributed by atoms with Crippen LogP contribution in [0, 0.1) is 12.8 Å². The maximum atomic E-state index is 14.1. The van der Waals surface area contributed by atoms with Crippen LogP contribution in [0.1, 0.15) is 69.2 Å². The Morgan fingerprint density at radius 1 is 1.16 bits per heavy atom. The number of carbonyl (C=O) groups is 3. The Labute approximate surface area is 266 Å². The molecule has 1 amide bonds. The monoisotopic (exact) mass is 612 g/mol. The number of carbonyl (C=O) groups excluding carboxylic acids is 3. The summed E-state index contributed by atoms with van der Waals surface area (Å²) >= 11 is 0. The number of amides is 1. The average molecular weight is 613 g/mol. The standard InChI is InChI=1S/C37H44N2O6/c1-7-18-38-19-17-36-33-28-12-13-30(43-25(5)40)34(33)44-35(36)29(15-16-37(36,31(38)21-28)45-26(6)41)39(22-23(2)3)32(42)14-11-27-10-8-9-24(4)20-27/h7-14,20,23,29,31,35H,1,15-19,21-22H2,2-6H3/t29-,31-,35+,36+,37-/m1/s1. The van der Waals surface area contributed by atoms with Crippen molar-refractivity contribution >= 4 is 23.9 Å². The fourth-order valence-corrected chi connectivity index (χ4v) is 8.79. The summed E-state index contributed by atoms with van der Waals surface area (Å²) in [6.45, 7) is 15.1. The lowest BCUT2D eigenvalue weighted by atomic mass is 9.48. The van der Waals surface area contributed by atoms with Gasteiger partial charge < -0.3 is 19.1 Å². The quantitative estimate of drug-likeness (QED) is 0.162.